The molecule has 0 N–H and O–H groups in total. The number of Topliss-reactive ketones (excluding diaryl/α,β-unsaturated/α-hetero) is 1. The molecule has 0 aliphatic rings. The van der Waals surface area contributed by atoms with Crippen LogP contribution in [0.1, 0.15) is 12.0 Å². The second-order valence-electron chi connectivity index (χ2n) is 2.91. The van der Waals surface area contributed by atoms with Gasteiger partial charge in [-0.25, -0.2) is 0 Å². The van der Waals surface area contributed by atoms with E-state index in [0.717, 1.165) is 12.1 Å². The molecule has 0 saturated carbocycles. The molecule has 3 nitrogen and oxygen atoms in total. The van der Waals surface area contributed by atoms with Crippen LogP contribution in [0.2, 0.25) is 0 Å². The number of benzene rings is 1. The fourth-order valence-electron chi connectivity index (χ4n) is 1.05. The fourth-order valence-corrected chi connectivity index (χ4v) is 1.05. The van der Waals surface area contributed by atoms with E-state index in [1.54, 1.807) is 0 Å². The Kier molecular flexibility index (Phi) is 3.14. The van der Waals surface area contributed by atoms with Crippen LogP contribution in [0.4, 0.5) is 8.78 Å². The van der Waals surface area contributed by atoms with Gasteiger partial charge in [0, 0.05) is 11.5 Å². The molecule has 5 heteroatoms. The van der Waals surface area contributed by atoms with E-state index >= 15 is 0 Å². The molecule has 1 aromatic rings. The molecule has 0 radical (unpaired) electrons. The summed E-state index contributed by atoms with van der Waals surface area (Å²) in [7, 11) is 0. The van der Waals surface area contributed by atoms with Crippen LogP contribution in [0.5, 0.6) is 0 Å². The maximum absolute atomic E-state index is 13.3. The molecule has 0 unspecified atom stereocenters. The number of hydrogen-bond acceptors (Lipinski definition) is 3. The highest BCUT2D eigenvalue weighted by molar-refractivity contribution is 5.98. The van der Waals surface area contributed by atoms with E-state index in [1.807, 2.05) is 0 Å². The first-order valence-electron chi connectivity index (χ1n) is 4.11. The average molecular weight is 213 g/mol. The van der Waals surface area contributed by atoms with E-state index < -0.39 is 29.7 Å². The summed E-state index contributed by atoms with van der Waals surface area (Å²) in [5, 5.41) is 10.0. The Morgan fingerprint density at radius 3 is 2.20 bits per heavy atom. The van der Waals surface area contributed by atoms with Crippen LogP contribution < -0.4 is 5.11 Å². The Bertz CT molecular complexity index is 374. The Morgan fingerprint density at radius 2 is 1.73 bits per heavy atom. The van der Waals surface area contributed by atoms with Crippen molar-refractivity contribution in [3.8, 4) is 0 Å². The molecule has 0 atom stereocenters. The van der Waals surface area contributed by atoms with Crippen LogP contribution in [-0.2, 0) is 15.5 Å². The van der Waals surface area contributed by atoms with Crippen molar-refractivity contribution >= 4 is 11.8 Å². The van der Waals surface area contributed by atoms with Gasteiger partial charge in [-0.05, 0) is 0 Å². The Balaban J connectivity index is 2.92. The zero-order chi connectivity index (χ0) is 11.5. The first kappa shape index (κ1) is 11.3. The summed E-state index contributed by atoms with van der Waals surface area (Å²) in [5.41, 5.74) is -0.517. The van der Waals surface area contributed by atoms with Gasteiger partial charge in [-0.15, -0.1) is 0 Å². The number of alkyl halides is 2. The Hall–Kier alpha value is -1.78. The van der Waals surface area contributed by atoms with E-state index in [0.29, 0.717) is 0 Å². The van der Waals surface area contributed by atoms with Crippen LogP contribution in [0.3, 0.4) is 0 Å². The van der Waals surface area contributed by atoms with Gasteiger partial charge in [-0.1, -0.05) is 30.3 Å². The summed E-state index contributed by atoms with van der Waals surface area (Å²) in [6.45, 7) is 0. The number of carbonyl (C=O) groups excluding carboxylic acids is 2. The number of carbonyl (C=O) groups is 2. The minimum atomic E-state index is -3.78. The number of aliphatic carboxylic acids is 1. The van der Waals surface area contributed by atoms with Crippen LogP contribution in [0.25, 0.3) is 0 Å². The van der Waals surface area contributed by atoms with Crippen molar-refractivity contribution < 1.29 is 23.5 Å². The maximum Gasteiger partial charge on any atom is 0.330 e. The molecule has 15 heavy (non-hydrogen) atoms. The van der Waals surface area contributed by atoms with Gasteiger partial charge in [0.05, 0.1) is 6.42 Å². The molecule has 0 aliphatic carbocycles. The van der Waals surface area contributed by atoms with E-state index in [9.17, 15) is 23.5 Å². The van der Waals surface area contributed by atoms with Crippen molar-refractivity contribution in [3.05, 3.63) is 35.9 Å². The largest absolute Gasteiger partial charge is 0.550 e. The predicted octanol–water partition coefficient (Wildman–Crippen LogP) is 0.488. The monoisotopic (exact) mass is 213 g/mol. The van der Waals surface area contributed by atoms with Gasteiger partial charge in [0.2, 0.25) is 5.78 Å². The highest BCUT2D eigenvalue weighted by atomic mass is 19.3. The van der Waals surface area contributed by atoms with Crippen LogP contribution >= 0.6 is 0 Å². The summed E-state index contributed by atoms with van der Waals surface area (Å²) in [4.78, 5) is 20.9. The van der Waals surface area contributed by atoms with Crippen LogP contribution in [0.15, 0.2) is 30.3 Å². The van der Waals surface area contributed by atoms with Crippen molar-refractivity contribution in [1.82, 2.24) is 0 Å². The third-order valence-electron chi connectivity index (χ3n) is 1.79. The number of halogens is 2. The maximum atomic E-state index is 13.3. The standard InChI is InChI=1S/C10H8F2O3/c11-10(12,8(13)6-9(14)15)7-4-2-1-3-5-7/h1-5H,6H2,(H,14,15)/p-1. The molecule has 80 valence electrons. The van der Waals surface area contributed by atoms with Gasteiger partial charge in [-0.3, -0.25) is 4.79 Å². The van der Waals surface area contributed by atoms with Gasteiger partial charge in [-0.2, -0.15) is 8.78 Å². The van der Waals surface area contributed by atoms with Crippen molar-refractivity contribution in [2.24, 2.45) is 0 Å². The third kappa shape index (κ3) is 2.59. The smallest absolute Gasteiger partial charge is 0.330 e. The molecule has 0 aliphatic heterocycles. The van der Waals surface area contributed by atoms with E-state index in [1.165, 1.54) is 18.2 Å². The van der Waals surface area contributed by atoms with Gasteiger partial charge < -0.3 is 9.90 Å². The zero-order valence-corrected chi connectivity index (χ0v) is 7.57. The summed E-state index contributed by atoms with van der Waals surface area (Å²) < 4.78 is 26.5. The van der Waals surface area contributed by atoms with Gasteiger partial charge in [0.15, 0.2) is 0 Å². The quantitative estimate of drug-likeness (QED) is 0.684. The van der Waals surface area contributed by atoms with E-state index in [4.69, 9.17) is 0 Å². The van der Waals surface area contributed by atoms with Crippen LogP contribution in [-0.4, -0.2) is 11.8 Å². The number of rotatable bonds is 4. The minimum absolute atomic E-state index is 0.517. The first-order chi connectivity index (χ1) is 6.94. The lowest BCUT2D eigenvalue weighted by molar-refractivity contribution is -0.305. The van der Waals surface area contributed by atoms with E-state index in [-0.39, 0.29) is 0 Å². The zero-order valence-electron chi connectivity index (χ0n) is 7.57. The van der Waals surface area contributed by atoms with Crippen molar-refractivity contribution in [3.63, 3.8) is 0 Å². The molecule has 0 amide bonds. The molecule has 0 saturated heterocycles. The molecule has 0 aromatic heterocycles. The molecular weight excluding hydrogens is 206 g/mol. The lowest BCUT2D eigenvalue weighted by Crippen LogP contribution is -2.33. The summed E-state index contributed by atoms with van der Waals surface area (Å²) in [6.07, 6.45) is -1.29. The average Bonchev–Trinajstić information content (AvgIpc) is 2.18. The SMILES string of the molecule is O=C([O-])CC(=O)C(F)(F)c1ccccc1. The second-order valence-corrected chi connectivity index (χ2v) is 2.91. The Labute approximate surface area is 84.3 Å². The number of ketones is 1. The topological polar surface area (TPSA) is 57.2 Å². The van der Waals surface area contributed by atoms with Crippen molar-refractivity contribution in [1.29, 1.82) is 0 Å². The van der Waals surface area contributed by atoms with Crippen molar-refractivity contribution in [2.45, 2.75) is 12.3 Å². The number of carboxylic acids is 1. The second kappa shape index (κ2) is 4.16. The molecule has 1 aromatic carbocycles. The highest BCUT2D eigenvalue weighted by Crippen LogP contribution is 2.29. The van der Waals surface area contributed by atoms with Gasteiger partial charge in [0.1, 0.15) is 0 Å². The summed E-state index contributed by atoms with van der Waals surface area (Å²) >= 11 is 0. The molecule has 0 heterocycles. The molecule has 0 spiro atoms. The summed E-state index contributed by atoms with van der Waals surface area (Å²) in [5.74, 6) is -7.26. The predicted molar refractivity (Wildman–Crippen MR) is 45.0 cm³/mol. The normalized spacial score (nSPS) is 11.1. The third-order valence-corrected chi connectivity index (χ3v) is 1.79. The Morgan fingerprint density at radius 1 is 1.20 bits per heavy atom. The van der Waals surface area contributed by atoms with Gasteiger partial charge in [0.25, 0.3) is 0 Å². The fraction of sp³-hybridized carbons (Fsp3) is 0.200. The molecular formula is C10H7F2O3-. The molecule has 1 rings (SSSR count). The lowest BCUT2D eigenvalue weighted by atomic mass is 10.0. The number of hydrogen-bond donors (Lipinski definition) is 0. The minimum Gasteiger partial charge on any atom is -0.550 e. The highest BCUT2D eigenvalue weighted by Gasteiger charge is 2.39. The van der Waals surface area contributed by atoms with Crippen LogP contribution in [0, 0.1) is 0 Å². The molecule has 0 fully saturated rings. The summed E-state index contributed by atoms with van der Waals surface area (Å²) in [6, 6.07) is 6.33. The lowest BCUT2D eigenvalue weighted by Gasteiger charge is -2.15. The van der Waals surface area contributed by atoms with Crippen molar-refractivity contribution in [2.75, 3.05) is 0 Å². The van der Waals surface area contributed by atoms with Gasteiger partial charge >= 0.3 is 5.92 Å². The molecule has 0 bridgehead atoms. The number of carboxylic acid groups (broad SMARTS) is 1. The first-order valence-corrected chi connectivity index (χ1v) is 4.11. The van der Waals surface area contributed by atoms with E-state index in [2.05, 4.69) is 0 Å².